The number of nitrogens with one attached hydrogen (secondary N) is 1. The van der Waals surface area contributed by atoms with E-state index in [1.165, 1.54) is 5.41 Å². The van der Waals surface area contributed by atoms with Gasteiger partial charge in [0.2, 0.25) is 10.0 Å². The fourth-order valence-electron chi connectivity index (χ4n) is 2.47. The van der Waals surface area contributed by atoms with Crippen LogP contribution in [0, 0.1) is 5.92 Å². The third kappa shape index (κ3) is 4.31. The molecule has 20 heavy (non-hydrogen) atoms. The summed E-state index contributed by atoms with van der Waals surface area (Å²) >= 11 is 5.78. The van der Waals surface area contributed by atoms with Crippen LogP contribution in [0.15, 0.2) is 29.7 Å². The van der Waals surface area contributed by atoms with Gasteiger partial charge in [0.1, 0.15) is 0 Å². The third-order valence-electron chi connectivity index (χ3n) is 3.59. The lowest BCUT2D eigenvalue weighted by Crippen LogP contribution is -2.38. The summed E-state index contributed by atoms with van der Waals surface area (Å²) in [5, 5.41) is 1.82. The predicted octanol–water partition coefficient (Wildman–Crippen LogP) is 2.36. The third-order valence-corrected chi connectivity index (χ3v) is 4.96. The van der Waals surface area contributed by atoms with E-state index in [1.54, 1.807) is 30.3 Å². The molecule has 0 radical (unpaired) electrons. The van der Waals surface area contributed by atoms with Crippen LogP contribution < -0.4 is 10.5 Å². The first-order valence-electron chi connectivity index (χ1n) is 6.66. The van der Waals surface area contributed by atoms with Gasteiger partial charge in [-0.25, -0.2) is 13.1 Å². The van der Waals surface area contributed by atoms with Gasteiger partial charge >= 0.3 is 0 Å². The Kier molecular flexibility index (Phi) is 5.21. The van der Waals surface area contributed by atoms with E-state index in [0.29, 0.717) is 11.6 Å². The van der Waals surface area contributed by atoms with Crippen molar-refractivity contribution in [1.29, 1.82) is 0 Å². The second-order valence-electron chi connectivity index (χ2n) is 5.05. The number of benzene rings is 1. The maximum Gasteiger partial charge on any atom is 0.233 e. The van der Waals surface area contributed by atoms with Crippen LogP contribution in [0.5, 0.6) is 0 Å². The minimum Gasteiger partial charge on any atom is -0.330 e. The second kappa shape index (κ2) is 6.72. The summed E-state index contributed by atoms with van der Waals surface area (Å²) in [6, 6.07) is 6.95. The highest BCUT2D eigenvalue weighted by Crippen LogP contribution is 2.25. The van der Waals surface area contributed by atoms with Gasteiger partial charge < -0.3 is 5.73 Å². The molecular weight excluding hydrogens is 296 g/mol. The molecule has 3 N–H and O–H groups in total. The average Bonchev–Trinajstić information content (AvgIpc) is 2.84. The topological polar surface area (TPSA) is 72.2 Å². The molecule has 0 aliphatic heterocycles. The summed E-state index contributed by atoms with van der Waals surface area (Å²) in [4.78, 5) is 0. The van der Waals surface area contributed by atoms with Gasteiger partial charge in [-0.15, -0.1) is 0 Å². The molecule has 0 aromatic heterocycles. The number of sulfonamides is 1. The van der Waals surface area contributed by atoms with Crippen molar-refractivity contribution in [3.8, 4) is 0 Å². The minimum atomic E-state index is -3.44. The van der Waals surface area contributed by atoms with Crippen LogP contribution in [0.1, 0.15) is 24.8 Å². The Morgan fingerprint density at radius 1 is 1.30 bits per heavy atom. The highest BCUT2D eigenvalue weighted by molar-refractivity contribution is 7.92. The van der Waals surface area contributed by atoms with Gasteiger partial charge in [-0.3, -0.25) is 0 Å². The molecule has 1 aliphatic carbocycles. The first kappa shape index (κ1) is 15.5. The average molecular weight is 315 g/mol. The van der Waals surface area contributed by atoms with Crippen LogP contribution >= 0.6 is 11.6 Å². The second-order valence-corrected chi connectivity index (χ2v) is 7.08. The van der Waals surface area contributed by atoms with Crippen LogP contribution in [-0.2, 0) is 10.0 Å². The van der Waals surface area contributed by atoms with Crippen LogP contribution in [0.3, 0.4) is 0 Å². The standard InChI is InChI=1S/C14H19ClN2O2S/c15-13-6-4-11(5-7-13)8-9-20(18,19)17-14-3-1-2-12(14)10-16/h4-9,12,14,17H,1-3,10,16H2. The van der Waals surface area contributed by atoms with Gasteiger partial charge in [0.25, 0.3) is 0 Å². The van der Waals surface area contributed by atoms with Crippen molar-refractivity contribution < 1.29 is 8.42 Å². The first-order chi connectivity index (χ1) is 9.50. The van der Waals surface area contributed by atoms with Gasteiger partial charge in [-0.2, -0.15) is 0 Å². The van der Waals surface area contributed by atoms with E-state index in [9.17, 15) is 8.42 Å². The summed E-state index contributed by atoms with van der Waals surface area (Å²) < 4.78 is 26.8. The Bertz CT molecular complexity index is 569. The van der Waals surface area contributed by atoms with Crippen molar-refractivity contribution in [3.05, 3.63) is 40.3 Å². The number of rotatable bonds is 5. The molecule has 1 aromatic carbocycles. The van der Waals surface area contributed by atoms with Crippen LogP contribution in [-0.4, -0.2) is 21.0 Å². The molecule has 1 aromatic rings. The Morgan fingerprint density at radius 3 is 2.65 bits per heavy atom. The maximum absolute atomic E-state index is 12.0. The Hall–Kier alpha value is -0.880. The zero-order valence-electron chi connectivity index (χ0n) is 11.1. The number of hydrogen-bond acceptors (Lipinski definition) is 3. The van der Waals surface area contributed by atoms with Gasteiger partial charge in [0.15, 0.2) is 0 Å². The number of halogens is 1. The smallest absolute Gasteiger partial charge is 0.233 e. The van der Waals surface area contributed by atoms with Crippen molar-refractivity contribution in [2.24, 2.45) is 11.7 Å². The van der Waals surface area contributed by atoms with Gasteiger partial charge in [0, 0.05) is 16.5 Å². The first-order valence-corrected chi connectivity index (χ1v) is 8.58. The maximum atomic E-state index is 12.0. The summed E-state index contributed by atoms with van der Waals surface area (Å²) in [5.74, 6) is 0.244. The molecule has 6 heteroatoms. The Labute approximate surface area is 125 Å². The molecule has 0 amide bonds. The predicted molar refractivity (Wildman–Crippen MR) is 82.7 cm³/mol. The lowest BCUT2D eigenvalue weighted by Gasteiger charge is -2.18. The molecule has 0 bridgehead atoms. The fraction of sp³-hybridized carbons (Fsp3) is 0.429. The highest BCUT2D eigenvalue weighted by Gasteiger charge is 2.28. The molecule has 110 valence electrons. The van der Waals surface area contributed by atoms with Crippen molar-refractivity contribution in [2.45, 2.75) is 25.3 Å². The quantitative estimate of drug-likeness (QED) is 0.876. The Balaban J connectivity index is 2.02. The summed E-state index contributed by atoms with van der Waals surface area (Å²) in [6.45, 7) is 0.522. The molecule has 2 rings (SSSR count). The van der Waals surface area contributed by atoms with Gasteiger partial charge in [-0.1, -0.05) is 30.2 Å². The van der Waals surface area contributed by atoms with Crippen LogP contribution in [0.2, 0.25) is 5.02 Å². The molecule has 4 nitrogen and oxygen atoms in total. The van der Waals surface area contributed by atoms with E-state index < -0.39 is 10.0 Å². The zero-order valence-corrected chi connectivity index (χ0v) is 12.7. The van der Waals surface area contributed by atoms with Crippen molar-refractivity contribution in [3.63, 3.8) is 0 Å². The molecule has 0 spiro atoms. The highest BCUT2D eigenvalue weighted by atomic mass is 35.5. The van der Waals surface area contributed by atoms with Crippen molar-refractivity contribution in [1.82, 2.24) is 4.72 Å². The Morgan fingerprint density at radius 2 is 2.00 bits per heavy atom. The molecule has 0 saturated heterocycles. The molecule has 2 unspecified atom stereocenters. The summed E-state index contributed by atoms with van der Waals surface area (Å²) in [7, 11) is -3.44. The molecule has 2 atom stereocenters. The zero-order chi connectivity index (χ0) is 14.6. The van der Waals surface area contributed by atoms with E-state index in [1.807, 2.05) is 0 Å². The van der Waals surface area contributed by atoms with E-state index in [4.69, 9.17) is 17.3 Å². The summed E-state index contributed by atoms with van der Waals surface area (Å²) in [5.41, 5.74) is 6.45. The van der Waals surface area contributed by atoms with Crippen LogP contribution in [0.4, 0.5) is 0 Å². The molecule has 0 heterocycles. The van der Waals surface area contributed by atoms with E-state index in [0.717, 1.165) is 24.8 Å². The SMILES string of the molecule is NCC1CCCC1NS(=O)(=O)C=Cc1ccc(Cl)cc1. The van der Waals surface area contributed by atoms with Crippen molar-refractivity contribution in [2.75, 3.05) is 6.54 Å². The monoisotopic (exact) mass is 314 g/mol. The van der Waals surface area contributed by atoms with Gasteiger partial charge in [0.05, 0.1) is 0 Å². The lowest BCUT2D eigenvalue weighted by molar-refractivity contribution is 0.455. The van der Waals surface area contributed by atoms with E-state index >= 15 is 0 Å². The largest absolute Gasteiger partial charge is 0.330 e. The van der Waals surface area contributed by atoms with Crippen LogP contribution in [0.25, 0.3) is 6.08 Å². The lowest BCUT2D eigenvalue weighted by atomic mass is 10.1. The molecule has 1 aliphatic rings. The molecule has 1 saturated carbocycles. The van der Waals surface area contributed by atoms with E-state index in [2.05, 4.69) is 4.72 Å². The minimum absolute atomic E-state index is 0.0418. The normalized spacial score (nSPS) is 23.5. The number of nitrogens with two attached hydrogens (primary N) is 1. The van der Waals surface area contributed by atoms with E-state index in [-0.39, 0.29) is 12.0 Å². The molecule has 1 fully saturated rings. The fourth-order valence-corrected chi connectivity index (χ4v) is 3.74. The molecular formula is C14H19ClN2O2S. The number of hydrogen-bond donors (Lipinski definition) is 2. The van der Waals surface area contributed by atoms with Gasteiger partial charge in [-0.05, 0) is 49.1 Å². The van der Waals surface area contributed by atoms with Crippen molar-refractivity contribution >= 4 is 27.7 Å². The summed E-state index contributed by atoms with van der Waals surface area (Å²) in [6.07, 6.45) is 4.43.